The van der Waals surface area contributed by atoms with Crippen molar-refractivity contribution in [3.05, 3.63) is 56.9 Å². The molecule has 0 atom stereocenters. The molecule has 0 N–H and O–H groups in total. The molecule has 0 aliphatic rings. The third-order valence-corrected chi connectivity index (χ3v) is 3.48. The zero-order valence-corrected chi connectivity index (χ0v) is 12.9. The lowest BCUT2D eigenvalue weighted by Gasteiger charge is -2.19. The van der Waals surface area contributed by atoms with Crippen molar-refractivity contribution in [2.24, 2.45) is 0 Å². The van der Waals surface area contributed by atoms with Crippen molar-refractivity contribution in [2.45, 2.75) is 6.54 Å². The molecule has 0 fully saturated rings. The first kappa shape index (κ1) is 13.5. The molecule has 0 saturated heterocycles. The Labute approximate surface area is 122 Å². The van der Waals surface area contributed by atoms with Crippen LogP contribution >= 0.6 is 31.9 Å². The van der Waals surface area contributed by atoms with Crippen LogP contribution in [0, 0.1) is 5.82 Å². The van der Waals surface area contributed by atoms with E-state index in [4.69, 9.17) is 0 Å². The van der Waals surface area contributed by atoms with E-state index < -0.39 is 0 Å². The lowest BCUT2D eigenvalue weighted by molar-refractivity contribution is 0.625. The van der Waals surface area contributed by atoms with Crippen LogP contribution in [-0.2, 0) is 6.54 Å². The number of nitrogens with zero attached hydrogens (tertiary/aromatic N) is 2. The summed E-state index contributed by atoms with van der Waals surface area (Å²) in [6.07, 6.45) is 1.74. The first-order valence-electron chi connectivity index (χ1n) is 5.33. The van der Waals surface area contributed by atoms with Crippen molar-refractivity contribution >= 4 is 37.7 Å². The predicted molar refractivity (Wildman–Crippen MR) is 78.1 cm³/mol. The maximum atomic E-state index is 13.1. The van der Waals surface area contributed by atoms with Crippen LogP contribution < -0.4 is 4.90 Å². The summed E-state index contributed by atoms with van der Waals surface area (Å²) in [5.74, 6) is 0.603. The molecule has 1 aromatic heterocycles. The molecule has 94 valence electrons. The standard InChI is InChI=1S/C13H11Br2FN2/c1-18(8-9-3-2-4-11(16)5-9)13-12(15)6-10(14)7-17-13/h2-7H,8H2,1H3. The Morgan fingerprint density at radius 1 is 1.28 bits per heavy atom. The normalized spacial score (nSPS) is 10.4. The molecular weight excluding hydrogens is 363 g/mol. The fourth-order valence-electron chi connectivity index (χ4n) is 1.67. The highest BCUT2D eigenvalue weighted by molar-refractivity contribution is 9.11. The molecule has 0 aliphatic carbocycles. The fraction of sp³-hybridized carbons (Fsp3) is 0.154. The Kier molecular flexibility index (Phi) is 4.35. The van der Waals surface area contributed by atoms with E-state index in [1.807, 2.05) is 24.1 Å². The highest BCUT2D eigenvalue weighted by Gasteiger charge is 2.08. The zero-order valence-electron chi connectivity index (χ0n) is 9.70. The number of anilines is 1. The minimum atomic E-state index is -0.219. The van der Waals surface area contributed by atoms with Crippen LogP contribution in [0.5, 0.6) is 0 Å². The summed E-state index contributed by atoms with van der Waals surface area (Å²) in [6, 6.07) is 8.51. The van der Waals surface area contributed by atoms with Gasteiger partial charge in [-0.15, -0.1) is 0 Å². The van der Waals surface area contributed by atoms with Gasteiger partial charge >= 0.3 is 0 Å². The van der Waals surface area contributed by atoms with Crippen molar-refractivity contribution < 1.29 is 4.39 Å². The maximum absolute atomic E-state index is 13.1. The minimum Gasteiger partial charge on any atom is -0.354 e. The molecule has 2 rings (SSSR count). The minimum absolute atomic E-state index is 0.219. The molecule has 5 heteroatoms. The van der Waals surface area contributed by atoms with E-state index in [0.717, 1.165) is 20.3 Å². The molecule has 2 nitrogen and oxygen atoms in total. The Morgan fingerprint density at radius 2 is 2.06 bits per heavy atom. The van der Waals surface area contributed by atoms with Gasteiger partial charge in [-0.05, 0) is 55.6 Å². The van der Waals surface area contributed by atoms with Crippen LogP contribution in [0.4, 0.5) is 10.2 Å². The molecular formula is C13H11Br2FN2. The molecule has 0 aliphatic heterocycles. The summed E-state index contributed by atoms with van der Waals surface area (Å²) in [4.78, 5) is 6.30. The van der Waals surface area contributed by atoms with E-state index in [-0.39, 0.29) is 5.82 Å². The number of hydrogen-bond donors (Lipinski definition) is 0. The smallest absolute Gasteiger partial charge is 0.142 e. The third kappa shape index (κ3) is 3.29. The molecule has 0 amide bonds. The highest BCUT2D eigenvalue weighted by Crippen LogP contribution is 2.26. The molecule has 1 heterocycles. The molecule has 0 radical (unpaired) electrons. The second kappa shape index (κ2) is 5.80. The third-order valence-electron chi connectivity index (χ3n) is 2.46. The predicted octanol–water partition coefficient (Wildman–Crippen LogP) is 4.38. The number of halogens is 3. The second-order valence-electron chi connectivity index (χ2n) is 3.94. The summed E-state index contributed by atoms with van der Waals surface area (Å²) in [5.41, 5.74) is 0.911. The number of benzene rings is 1. The van der Waals surface area contributed by atoms with Gasteiger partial charge in [-0.1, -0.05) is 12.1 Å². The lowest BCUT2D eigenvalue weighted by atomic mass is 10.2. The molecule has 0 saturated carbocycles. The molecule has 1 aromatic carbocycles. The van der Waals surface area contributed by atoms with Crippen molar-refractivity contribution in [1.29, 1.82) is 0 Å². The Balaban J connectivity index is 2.19. The summed E-state index contributed by atoms with van der Waals surface area (Å²) >= 11 is 6.83. The van der Waals surface area contributed by atoms with Crippen LogP contribution in [0.2, 0.25) is 0 Å². The van der Waals surface area contributed by atoms with E-state index in [0.29, 0.717) is 6.54 Å². The van der Waals surface area contributed by atoms with E-state index in [2.05, 4.69) is 36.8 Å². The van der Waals surface area contributed by atoms with E-state index in [1.54, 1.807) is 12.3 Å². The van der Waals surface area contributed by atoms with Crippen molar-refractivity contribution in [3.63, 3.8) is 0 Å². The van der Waals surface area contributed by atoms with Gasteiger partial charge in [0.2, 0.25) is 0 Å². The molecule has 18 heavy (non-hydrogen) atoms. The average Bonchev–Trinajstić information content (AvgIpc) is 2.28. The van der Waals surface area contributed by atoms with Crippen molar-refractivity contribution in [3.8, 4) is 0 Å². The topological polar surface area (TPSA) is 16.1 Å². The van der Waals surface area contributed by atoms with Gasteiger partial charge in [-0.2, -0.15) is 0 Å². The molecule has 2 aromatic rings. The van der Waals surface area contributed by atoms with Crippen LogP contribution in [-0.4, -0.2) is 12.0 Å². The lowest BCUT2D eigenvalue weighted by Crippen LogP contribution is -2.18. The van der Waals surface area contributed by atoms with E-state index in [9.17, 15) is 4.39 Å². The largest absolute Gasteiger partial charge is 0.354 e. The number of aromatic nitrogens is 1. The van der Waals surface area contributed by atoms with Gasteiger partial charge in [0.15, 0.2) is 0 Å². The number of pyridine rings is 1. The SMILES string of the molecule is CN(Cc1cccc(F)c1)c1ncc(Br)cc1Br. The van der Waals surface area contributed by atoms with Crippen molar-refractivity contribution in [1.82, 2.24) is 4.98 Å². The van der Waals surface area contributed by atoms with Crippen molar-refractivity contribution in [2.75, 3.05) is 11.9 Å². The molecule has 0 unspecified atom stereocenters. The van der Waals surface area contributed by atoms with Crippen LogP contribution in [0.25, 0.3) is 0 Å². The van der Waals surface area contributed by atoms with E-state index in [1.165, 1.54) is 12.1 Å². The molecule has 0 bridgehead atoms. The van der Waals surface area contributed by atoms with E-state index >= 15 is 0 Å². The van der Waals surface area contributed by atoms with Gasteiger partial charge in [0, 0.05) is 24.3 Å². The first-order chi connectivity index (χ1) is 8.56. The summed E-state index contributed by atoms with van der Waals surface area (Å²) in [7, 11) is 1.92. The number of rotatable bonds is 3. The summed E-state index contributed by atoms with van der Waals surface area (Å²) in [5, 5.41) is 0. The average molecular weight is 374 g/mol. The fourth-order valence-corrected chi connectivity index (χ4v) is 2.96. The van der Waals surface area contributed by atoms with Gasteiger partial charge in [-0.25, -0.2) is 9.37 Å². The van der Waals surface area contributed by atoms with Gasteiger partial charge in [0.25, 0.3) is 0 Å². The van der Waals surface area contributed by atoms with Gasteiger partial charge in [-0.3, -0.25) is 0 Å². The van der Waals surface area contributed by atoms with Gasteiger partial charge < -0.3 is 4.90 Å². The summed E-state index contributed by atoms with van der Waals surface area (Å²) in [6.45, 7) is 0.602. The maximum Gasteiger partial charge on any atom is 0.142 e. The Morgan fingerprint density at radius 3 is 2.72 bits per heavy atom. The quantitative estimate of drug-likeness (QED) is 0.793. The highest BCUT2D eigenvalue weighted by atomic mass is 79.9. The first-order valence-corrected chi connectivity index (χ1v) is 6.91. The Bertz CT molecular complexity index is 560. The van der Waals surface area contributed by atoms with Crippen LogP contribution in [0.1, 0.15) is 5.56 Å². The monoisotopic (exact) mass is 372 g/mol. The zero-order chi connectivity index (χ0) is 13.1. The number of hydrogen-bond acceptors (Lipinski definition) is 2. The van der Waals surface area contributed by atoms with Crippen LogP contribution in [0.3, 0.4) is 0 Å². The van der Waals surface area contributed by atoms with Gasteiger partial charge in [0.05, 0.1) is 4.47 Å². The van der Waals surface area contributed by atoms with Gasteiger partial charge in [0.1, 0.15) is 11.6 Å². The van der Waals surface area contributed by atoms with Crippen LogP contribution in [0.15, 0.2) is 45.5 Å². The molecule has 0 spiro atoms. The Hall–Kier alpha value is -0.940. The summed E-state index contributed by atoms with van der Waals surface area (Å²) < 4.78 is 14.9. The second-order valence-corrected chi connectivity index (χ2v) is 5.71.